The van der Waals surface area contributed by atoms with Crippen molar-refractivity contribution < 1.29 is 19.4 Å². The van der Waals surface area contributed by atoms with E-state index in [1.54, 1.807) is 0 Å². The van der Waals surface area contributed by atoms with Gasteiger partial charge in [-0.05, 0) is 42.0 Å². The Kier molecular flexibility index (Phi) is 5.72. The molecule has 2 aliphatic heterocycles. The first-order chi connectivity index (χ1) is 15.1. The number of carbonyl (C=O) groups is 1. The minimum absolute atomic E-state index is 0.0754. The van der Waals surface area contributed by atoms with E-state index in [-0.39, 0.29) is 12.0 Å². The lowest BCUT2D eigenvalue weighted by atomic mass is 9.80. The average Bonchev–Trinajstić information content (AvgIpc) is 3.56. The fourth-order valence-electron chi connectivity index (χ4n) is 5.43. The number of rotatable bonds is 6. The van der Waals surface area contributed by atoms with Crippen molar-refractivity contribution in [2.45, 2.75) is 56.8 Å². The van der Waals surface area contributed by atoms with Crippen LogP contribution in [0.1, 0.15) is 48.8 Å². The topological polar surface area (TPSA) is 59.0 Å². The SMILES string of the molecule is O=C(O[C@H]1CCN(Cc2ccc3c(c2)CCO3)C1)C(O)(c1ccccc1)C1CCCC1. The predicted molar refractivity (Wildman–Crippen MR) is 118 cm³/mol. The number of ether oxygens (including phenoxy) is 2. The van der Waals surface area contributed by atoms with E-state index in [1.807, 2.05) is 30.3 Å². The first-order valence-electron chi connectivity index (χ1n) is 11.6. The van der Waals surface area contributed by atoms with E-state index in [2.05, 4.69) is 23.1 Å². The van der Waals surface area contributed by atoms with E-state index in [0.29, 0.717) is 12.1 Å². The zero-order valence-electron chi connectivity index (χ0n) is 18.0. The van der Waals surface area contributed by atoms with Crippen LogP contribution in [0.2, 0.25) is 0 Å². The van der Waals surface area contributed by atoms with Crippen LogP contribution in [-0.4, -0.2) is 41.8 Å². The molecule has 0 spiro atoms. The van der Waals surface area contributed by atoms with Gasteiger partial charge in [-0.25, -0.2) is 4.79 Å². The van der Waals surface area contributed by atoms with Crippen LogP contribution in [0.4, 0.5) is 0 Å². The lowest BCUT2D eigenvalue weighted by Crippen LogP contribution is -2.45. The van der Waals surface area contributed by atoms with Gasteiger partial charge in [-0.1, -0.05) is 55.3 Å². The van der Waals surface area contributed by atoms with E-state index >= 15 is 0 Å². The Balaban J connectivity index is 1.24. The Hall–Kier alpha value is -2.37. The molecule has 2 aromatic carbocycles. The second-order valence-electron chi connectivity index (χ2n) is 9.21. The summed E-state index contributed by atoms with van der Waals surface area (Å²) in [7, 11) is 0. The van der Waals surface area contributed by atoms with Crippen LogP contribution >= 0.6 is 0 Å². The minimum atomic E-state index is -1.55. The van der Waals surface area contributed by atoms with Gasteiger partial charge in [0.1, 0.15) is 11.9 Å². The van der Waals surface area contributed by atoms with Crippen molar-refractivity contribution in [3.8, 4) is 5.75 Å². The normalized spacial score (nSPS) is 23.3. The molecular formula is C26H31NO4. The van der Waals surface area contributed by atoms with Gasteiger partial charge in [-0.2, -0.15) is 0 Å². The molecule has 164 valence electrons. The Morgan fingerprint density at radius 1 is 1.13 bits per heavy atom. The molecule has 1 unspecified atom stereocenters. The van der Waals surface area contributed by atoms with Crippen LogP contribution in [0.25, 0.3) is 0 Å². The molecule has 0 bridgehead atoms. The zero-order valence-corrected chi connectivity index (χ0v) is 18.0. The van der Waals surface area contributed by atoms with Crippen molar-refractivity contribution in [1.82, 2.24) is 4.90 Å². The number of carbonyl (C=O) groups excluding carboxylic acids is 1. The maximum absolute atomic E-state index is 13.3. The Labute approximate surface area is 184 Å². The van der Waals surface area contributed by atoms with Crippen molar-refractivity contribution in [1.29, 1.82) is 0 Å². The Morgan fingerprint density at radius 2 is 1.94 bits per heavy atom. The first-order valence-corrected chi connectivity index (χ1v) is 11.6. The summed E-state index contributed by atoms with van der Waals surface area (Å²) in [5.74, 6) is 0.449. The van der Waals surface area contributed by atoms with Gasteiger partial charge in [0, 0.05) is 32.0 Å². The summed E-state index contributed by atoms with van der Waals surface area (Å²) in [6.07, 6.45) is 5.42. The van der Waals surface area contributed by atoms with Crippen LogP contribution in [0.5, 0.6) is 5.75 Å². The van der Waals surface area contributed by atoms with Gasteiger partial charge in [-0.3, -0.25) is 4.90 Å². The monoisotopic (exact) mass is 421 g/mol. The molecule has 5 heteroatoms. The average molecular weight is 422 g/mol. The Bertz CT molecular complexity index is 924. The molecule has 31 heavy (non-hydrogen) atoms. The van der Waals surface area contributed by atoms with Crippen LogP contribution in [0.15, 0.2) is 48.5 Å². The fraction of sp³-hybridized carbons (Fsp3) is 0.500. The molecule has 3 aliphatic rings. The number of hydrogen-bond acceptors (Lipinski definition) is 5. The predicted octanol–water partition coefficient (Wildman–Crippen LogP) is 3.82. The van der Waals surface area contributed by atoms with E-state index < -0.39 is 11.6 Å². The van der Waals surface area contributed by atoms with Crippen molar-refractivity contribution >= 4 is 5.97 Å². The molecule has 5 nitrogen and oxygen atoms in total. The van der Waals surface area contributed by atoms with Crippen molar-refractivity contribution in [3.05, 3.63) is 65.2 Å². The molecule has 2 fully saturated rings. The summed E-state index contributed by atoms with van der Waals surface area (Å²) < 4.78 is 11.5. The number of esters is 1. The highest BCUT2D eigenvalue weighted by atomic mass is 16.6. The number of nitrogens with zero attached hydrogens (tertiary/aromatic N) is 1. The third kappa shape index (κ3) is 4.09. The standard InChI is InChI=1S/C26H31NO4/c28-25(26(29,22-8-4-5-9-22)21-6-2-1-3-7-21)31-23-12-14-27(18-23)17-19-10-11-24-20(16-19)13-15-30-24/h1-3,6-7,10-11,16,22-23,29H,4-5,8-9,12-15,17-18H2/t23-,26?/m0/s1. The molecular weight excluding hydrogens is 390 g/mol. The molecule has 1 saturated heterocycles. The molecule has 2 atom stereocenters. The van der Waals surface area contributed by atoms with Crippen LogP contribution < -0.4 is 4.74 Å². The van der Waals surface area contributed by atoms with E-state index in [4.69, 9.17) is 9.47 Å². The molecule has 0 amide bonds. The van der Waals surface area contributed by atoms with Gasteiger partial charge >= 0.3 is 5.97 Å². The number of hydrogen-bond donors (Lipinski definition) is 1. The van der Waals surface area contributed by atoms with Gasteiger partial charge < -0.3 is 14.6 Å². The summed E-state index contributed by atoms with van der Waals surface area (Å²) in [4.78, 5) is 15.6. The van der Waals surface area contributed by atoms with Gasteiger partial charge in [0.05, 0.1) is 6.61 Å². The highest BCUT2D eigenvalue weighted by molar-refractivity contribution is 5.81. The second kappa shape index (κ2) is 8.64. The smallest absolute Gasteiger partial charge is 0.343 e. The summed E-state index contributed by atoms with van der Waals surface area (Å²) in [5.41, 5.74) is 1.65. The van der Waals surface area contributed by atoms with Crippen molar-refractivity contribution in [2.24, 2.45) is 5.92 Å². The number of aliphatic hydroxyl groups is 1. The van der Waals surface area contributed by atoms with Crippen molar-refractivity contribution in [2.75, 3.05) is 19.7 Å². The summed E-state index contributed by atoms with van der Waals surface area (Å²) >= 11 is 0. The van der Waals surface area contributed by atoms with Crippen LogP contribution in [-0.2, 0) is 28.1 Å². The lowest BCUT2D eigenvalue weighted by Gasteiger charge is -2.33. The van der Waals surface area contributed by atoms with Gasteiger partial charge in [-0.15, -0.1) is 0 Å². The lowest BCUT2D eigenvalue weighted by molar-refractivity contribution is -0.178. The molecule has 2 heterocycles. The zero-order chi connectivity index (χ0) is 21.3. The molecule has 1 N–H and O–H groups in total. The van der Waals surface area contributed by atoms with Crippen LogP contribution in [0.3, 0.4) is 0 Å². The first kappa shape index (κ1) is 20.5. The quantitative estimate of drug-likeness (QED) is 0.719. The molecule has 1 saturated carbocycles. The highest BCUT2D eigenvalue weighted by Crippen LogP contribution is 2.42. The molecule has 0 radical (unpaired) electrons. The summed E-state index contributed by atoms with van der Waals surface area (Å²) in [5, 5.41) is 11.6. The van der Waals surface area contributed by atoms with Gasteiger partial charge in [0.15, 0.2) is 5.60 Å². The minimum Gasteiger partial charge on any atom is -0.493 e. The maximum atomic E-state index is 13.3. The third-order valence-corrected chi connectivity index (χ3v) is 7.13. The third-order valence-electron chi connectivity index (χ3n) is 7.13. The fourth-order valence-corrected chi connectivity index (χ4v) is 5.43. The number of benzene rings is 2. The van der Waals surface area contributed by atoms with Gasteiger partial charge in [0.25, 0.3) is 0 Å². The Morgan fingerprint density at radius 3 is 2.74 bits per heavy atom. The molecule has 0 aromatic heterocycles. The largest absolute Gasteiger partial charge is 0.493 e. The maximum Gasteiger partial charge on any atom is 0.343 e. The summed E-state index contributed by atoms with van der Waals surface area (Å²) in [6, 6.07) is 15.8. The van der Waals surface area contributed by atoms with E-state index in [9.17, 15) is 9.90 Å². The molecule has 1 aliphatic carbocycles. The van der Waals surface area contributed by atoms with Crippen molar-refractivity contribution in [3.63, 3.8) is 0 Å². The van der Waals surface area contributed by atoms with Gasteiger partial charge in [0.2, 0.25) is 0 Å². The number of likely N-dealkylation sites (tertiary alicyclic amines) is 1. The summed E-state index contributed by atoms with van der Waals surface area (Å²) in [6.45, 7) is 3.20. The van der Waals surface area contributed by atoms with E-state index in [0.717, 1.165) is 64.0 Å². The number of fused-ring (bicyclic) bond motifs is 1. The highest BCUT2D eigenvalue weighted by Gasteiger charge is 2.48. The van der Waals surface area contributed by atoms with Crippen LogP contribution in [0, 0.1) is 5.92 Å². The molecule has 5 rings (SSSR count). The molecule has 2 aromatic rings. The second-order valence-corrected chi connectivity index (χ2v) is 9.21. The van der Waals surface area contributed by atoms with E-state index in [1.165, 1.54) is 11.1 Å².